The number of benzene rings is 3. The van der Waals surface area contributed by atoms with Crippen molar-refractivity contribution in [2.45, 2.75) is 114 Å². The number of piperidine rings is 1. The summed E-state index contributed by atoms with van der Waals surface area (Å²) in [5, 5.41) is 16.5. The van der Waals surface area contributed by atoms with Crippen LogP contribution in [0.4, 0.5) is 21.5 Å². The van der Waals surface area contributed by atoms with Gasteiger partial charge in [-0.05, 0) is 134 Å². The fourth-order valence-corrected chi connectivity index (χ4v) is 14.0. The Morgan fingerprint density at radius 1 is 0.937 bits per heavy atom. The molecule has 3 aliphatic carbocycles. The molecule has 3 aromatic carbocycles. The van der Waals surface area contributed by atoms with Crippen LogP contribution >= 0.6 is 0 Å². The second-order valence-electron chi connectivity index (χ2n) is 22.9. The zero-order valence-electron chi connectivity index (χ0n) is 45.6. The van der Waals surface area contributed by atoms with Crippen LogP contribution in [0.15, 0.2) is 108 Å². The van der Waals surface area contributed by atoms with E-state index in [2.05, 4.69) is 90.1 Å². The van der Waals surface area contributed by atoms with Crippen molar-refractivity contribution in [2.24, 2.45) is 16.5 Å². The number of nitrogens with one attached hydrogen (secondary N) is 2. The number of aliphatic hydroxyl groups is 1. The maximum Gasteiger partial charge on any atom is 0.280 e. The first-order valence-electron chi connectivity index (χ1n) is 27.6. The predicted octanol–water partition coefficient (Wildman–Crippen LogP) is 10.7. The van der Waals surface area contributed by atoms with Crippen molar-refractivity contribution < 1.29 is 36.9 Å². The lowest BCUT2D eigenvalue weighted by atomic mass is 9.59. The Morgan fingerprint density at radius 3 is 2.42 bits per heavy atom. The smallest absolute Gasteiger partial charge is 0.280 e. The predicted molar refractivity (Wildman–Crippen MR) is 302 cm³/mol. The molecule has 3 aromatic heterocycles. The maximum absolute atomic E-state index is 15.1. The van der Waals surface area contributed by atoms with E-state index in [0.717, 1.165) is 95.3 Å². The molecule has 11 rings (SSSR count). The lowest BCUT2D eigenvalue weighted by molar-refractivity contribution is -0.0628. The molecule has 416 valence electrons. The Balaban J connectivity index is 0.819. The third-order valence-corrected chi connectivity index (χ3v) is 18.7. The first-order valence-corrected chi connectivity index (χ1v) is 29.1. The van der Waals surface area contributed by atoms with E-state index in [9.17, 15) is 23.2 Å². The summed E-state index contributed by atoms with van der Waals surface area (Å²) in [4.78, 5) is 43.4. The standard InChI is InChI=1S/C60H70FN9O8S/c1-38(2)44-8-6-7-9-45(44)51-37-67(36-40-10-13-43(76-4)14-11-40)28-29-69(51)42-33-60(34-42)22-25-68(26-23-60)41-12-15-46(52(30-41)78-53-31-47-48(61)16-17-49(47)64-58(53)77-5)57(71)66-79(74,75)54-32-50(65-73)55(56-62-24-27-70(54)56)63-35-39-18-20-59(3,72)21-19-39/h6-16,24,27,30-32,38-39,42,51,63,72H,17-23,25-26,28-29,33-37H2,1-5H3,(H,66,71)/t39-,51-,59-/m0/s1. The number of nitrogens with zero attached hydrogens (tertiary/aromatic N) is 7. The minimum absolute atomic E-state index is 0.00211. The number of pyridine rings is 2. The van der Waals surface area contributed by atoms with E-state index < -0.39 is 32.4 Å². The molecule has 17 nitrogen and oxygen atoms in total. The molecule has 5 heterocycles. The van der Waals surface area contributed by atoms with Crippen LogP contribution in [0.1, 0.15) is 122 Å². The van der Waals surface area contributed by atoms with Gasteiger partial charge in [-0.1, -0.05) is 50.2 Å². The number of hydrogen-bond acceptors (Lipinski definition) is 15. The summed E-state index contributed by atoms with van der Waals surface area (Å²) in [6, 6.07) is 25.7. The average molecular weight is 1100 g/mol. The van der Waals surface area contributed by atoms with Gasteiger partial charge >= 0.3 is 0 Å². The van der Waals surface area contributed by atoms with Crippen molar-refractivity contribution in [3.63, 3.8) is 0 Å². The Kier molecular flexibility index (Phi) is 15.0. The van der Waals surface area contributed by atoms with Gasteiger partial charge in [0.25, 0.3) is 21.8 Å². The van der Waals surface area contributed by atoms with E-state index in [1.54, 1.807) is 19.2 Å². The summed E-state index contributed by atoms with van der Waals surface area (Å²) in [6.07, 6.45) is 11.5. The largest absolute Gasteiger partial charge is 0.497 e. The van der Waals surface area contributed by atoms with Gasteiger partial charge in [0.15, 0.2) is 16.4 Å². The second-order valence-corrected chi connectivity index (χ2v) is 24.5. The molecule has 79 heavy (non-hydrogen) atoms. The van der Waals surface area contributed by atoms with Gasteiger partial charge in [-0.3, -0.25) is 19.0 Å². The molecule has 5 aliphatic rings. The number of anilines is 2. The molecule has 1 spiro atoms. The molecule has 3 N–H and O–H groups in total. The number of hydrogen-bond donors (Lipinski definition) is 3. The normalized spacial score (nSPS) is 21.6. The summed E-state index contributed by atoms with van der Waals surface area (Å²) in [5.41, 5.74) is 5.10. The number of rotatable bonds is 17. The van der Waals surface area contributed by atoms with Crippen LogP contribution in [-0.2, 0) is 23.0 Å². The van der Waals surface area contributed by atoms with Crippen LogP contribution in [0.5, 0.6) is 23.1 Å². The van der Waals surface area contributed by atoms with Crippen LogP contribution in [0, 0.1) is 16.2 Å². The highest BCUT2D eigenvalue weighted by Crippen LogP contribution is 2.54. The maximum atomic E-state index is 15.1. The number of allylic oxidation sites excluding steroid dienone is 1. The number of carbonyl (C=O) groups is 1. The number of nitroso groups, excluding NO2 is 1. The van der Waals surface area contributed by atoms with Gasteiger partial charge in [-0.25, -0.2) is 19.1 Å². The summed E-state index contributed by atoms with van der Waals surface area (Å²) in [5.74, 6) is 0.0938. The molecular formula is C60H70FN9O8S. The second kappa shape index (κ2) is 22.0. The third kappa shape index (κ3) is 11.1. The number of methoxy groups -OCH3 is 2. The van der Waals surface area contributed by atoms with Crippen LogP contribution in [0.2, 0.25) is 0 Å². The molecule has 4 fully saturated rings. The molecule has 2 saturated heterocycles. The zero-order valence-corrected chi connectivity index (χ0v) is 46.4. The average Bonchev–Trinajstić information content (AvgIpc) is 4.11. The number of sulfonamides is 1. The molecular weight excluding hydrogens is 1030 g/mol. The summed E-state index contributed by atoms with van der Waals surface area (Å²) >= 11 is 0. The highest BCUT2D eigenvalue weighted by molar-refractivity contribution is 7.90. The van der Waals surface area contributed by atoms with E-state index in [0.29, 0.717) is 37.0 Å². The highest BCUT2D eigenvalue weighted by Gasteiger charge is 2.50. The number of piperazine rings is 1. The van der Waals surface area contributed by atoms with Gasteiger partial charge in [0, 0.05) is 100 Å². The van der Waals surface area contributed by atoms with E-state index in [4.69, 9.17) is 14.2 Å². The van der Waals surface area contributed by atoms with Crippen LogP contribution in [0.3, 0.4) is 0 Å². The fourth-order valence-electron chi connectivity index (χ4n) is 12.8. The van der Waals surface area contributed by atoms with E-state index in [-0.39, 0.29) is 69.3 Å². The Hall–Kier alpha value is -6.93. The molecule has 0 unspecified atom stereocenters. The molecule has 6 aromatic rings. The Labute approximate surface area is 461 Å². The molecule has 2 aliphatic heterocycles. The fraction of sp³-hybridized carbons (Fsp3) is 0.450. The van der Waals surface area contributed by atoms with Gasteiger partial charge in [0.05, 0.1) is 31.1 Å². The molecule has 0 radical (unpaired) electrons. The summed E-state index contributed by atoms with van der Waals surface area (Å²) in [6.45, 7) is 12.1. The SMILES string of the molecule is COc1ccc(CN2CCN(C3CC4(CCN(c5ccc(C(=O)NS(=O)(=O)c6cc(N=O)c(NC[C@H]7CC[C@](C)(O)CC7)c7nccn67)c(Oc6cc7c(nc6OC)CC=C7F)c5)CC4)C3)[C@H](c3ccccc3C(C)C)C2)cc1. The number of fused-ring (bicyclic) bond motifs is 2. The van der Waals surface area contributed by atoms with Gasteiger partial charge in [-0.2, -0.15) is 8.42 Å². The van der Waals surface area contributed by atoms with Crippen molar-refractivity contribution in [1.29, 1.82) is 0 Å². The van der Waals surface area contributed by atoms with Gasteiger partial charge < -0.3 is 29.5 Å². The third-order valence-electron chi connectivity index (χ3n) is 17.4. The van der Waals surface area contributed by atoms with E-state index >= 15 is 4.39 Å². The summed E-state index contributed by atoms with van der Waals surface area (Å²) in [7, 11) is -1.60. The zero-order chi connectivity index (χ0) is 55.2. The summed E-state index contributed by atoms with van der Waals surface area (Å²) < 4.78 is 64.8. The monoisotopic (exact) mass is 1100 g/mol. The number of imidazole rings is 1. The van der Waals surface area contributed by atoms with E-state index in [1.165, 1.54) is 58.8 Å². The first-order chi connectivity index (χ1) is 38.0. The van der Waals surface area contributed by atoms with Crippen molar-refractivity contribution in [1.82, 2.24) is 28.9 Å². The van der Waals surface area contributed by atoms with E-state index in [1.807, 2.05) is 19.1 Å². The topological polar surface area (TPSA) is 193 Å². The number of ether oxygens (including phenoxy) is 3. The van der Waals surface area contributed by atoms with Crippen molar-refractivity contribution in [3.8, 4) is 23.1 Å². The molecule has 2 saturated carbocycles. The Morgan fingerprint density at radius 2 is 1.70 bits per heavy atom. The minimum atomic E-state index is -4.72. The van der Waals surface area contributed by atoms with Gasteiger partial charge in [0.1, 0.15) is 28.7 Å². The van der Waals surface area contributed by atoms with Crippen molar-refractivity contribution >= 4 is 44.5 Å². The van der Waals surface area contributed by atoms with Crippen molar-refractivity contribution in [2.75, 3.05) is 63.7 Å². The number of halogens is 1. The molecule has 1 amide bonds. The quantitative estimate of drug-likeness (QED) is 0.0731. The van der Waals surface area contributed by atoms with Gasteiger partial charge in [0.2, 0.25) is 0 Å². The minimum Gasteiger partial charge on any atom is -0.497 e. The lowest BCUT2D eigenvalue weighted by Crippen LogP contribution is -2.60. The number of carbonyl (C=O) groups excluding carboxylic acids is 1. The number of amides is 1. The van der Waals surface area contributed by atoms with Crippen LogP contribution in [0.25, 0.3) is 11.5 Å². The van der Waals surface area contributed by atoms with Crippen molar-refractivity contribution in [3.05, 3.63) is 136 Å². The molecule has 19 heteroatoms. The van der Waals surface area contributed by atoms with Gasteiger partial charge in [-0.15, -0.1) is 4.91 Å². The highest BCUT2D eigenvalue weighted by atomic mass is 32.2. The molecule has 1 atom stereocenters. The number of aromatic nitrogens is 3. The Bertz CT molecular complexity index is 3400. The van der Waals surface area contributed by atoms with Crippen LogP contribution in [-0.4, -0.2) is 109 Å². The lowest BCUT2D eigenvalue weighted by Gasteiger charge is -2.58. The first kappa shape index (κ1) is 54.0. The molecule has 0 bridgehead atoms. The van der Waals surface area contributed by atoms with Crippen LogP contribution < -0.4 is 29.1 Å².